The normalized spacial score (nSPS) is 18.7. The van der Waals surface area contributed by atoms with E-state index in [0.29, 0.717) is 0 Å². The van der Waals surface area contributed by atoms with E-state index in [9.17, 15) is 4.79 Å². The van der Waals surface area contributed by atoms with Gasteiger partial charge < -0.3 is 15.1 Å². The molecule has 31 heavy (non-hydrogen) atoms. The predicted molar refractivity (Wildman–Crippen MR) is 128 cm³/mol. The smallest absolute Gasteiger partial charge is 0.251 e. The molecule has 0 atom stereocenters. The molecule has 2 heterocycles. The number of hydrogen-bond acceptors (Lipinski definition) is 3. The first-order valence-electron chi connectivity index (χ1n) is 12.2. The van der Waals surface area contributed by atoms with Crippen molar-refractivity contribution in [2.24, 2.45) is 0 Å². The highest BCUT2D eigenvalue weighted by atomic mass is 16.1. The van der Waals surface area contributed by atoms with Crippen LogP contribution in [0.5, 0.6) is 0 Å². The third-order valence-electron chi connectivity index (χ3n) is 6.87. The van der Waals surface area contributed by atoms with E-state index in [1.165, 1.54) is 69.4 Å². The Morgan fingerprint density at radius 2 is 1.52 bits per heavy atom. The molecule has 0 bridgehead atoms. The summed E-state index contributed by atoms with van der Waals surface area (Å²) in [6.07, 6.45) is 8.72. The molecule has 0 saturated carbocycles. The van der Waals surface area contributed by atoms with Gasteiger partial charge in [-0.25, -0.2) is 0 Å². The minimum atomic E-state index is 0.0371. The molecular weight excluding hydrogens is 382 g/mol. The molecule has 2 fully saturated rings. The van der Waals surface area contributed by atoms with E-state index in [1.807, 2.05) is 18.2 Å². The van der Waals surface area contributed by atoms with Crippen molar-refractivity contribution in [3.63, 3.8) is 0 Å². The molecule has 2 aromatic rings. The van der Waals surface area contributed by atoms with Gasteiger partial charge in [-0.1, -0.05) is 48.9 Å². The maximum absolute atomic E-state index is 12.5. The molecule has 4 rings (SSSR count). The number of hydrogen-bond donors (Lipinski definition) is 1. The van der Waals surface area contributed by atoms with Gasteiger partial charge in [0.2, 0.25) is 0 Å². The maximum Gasteiger partial charge on any atom is 0.251 e. The number of carbonyl (C=O) groups excluding carboxylic acids is 1. The predicted octanol–water partition coefficient (Wildman–Crippen LogP) is 4.35. The van der Waals surface area contributed by atoms with Gasteiger partial charge in [0.15, 0.2) is 0 Å². The second-order valence-electron chi connectivity index (χ2n) is 9.14. The zero-order valence-electron chi connectivity index (χ0n) is 18.8. The fraction of sp³-hybridized carbons (Fsp3) is 0.519. The highest BCUT2D eigenvalue weighted by Crippen LogP contribution is 2.20. The Morgan fingerprint density at radius 3 is 2.23 bits per heavy atom. The highest BCUT2D eigenvalue weighted by Gasteiger charge is 2.25. The van der Waals surface area contributed by atoms with E-state index >= 15 is 0 Å². The van der Waals surface area contributed by atoms with Crippen molar-refractivity contribution in [3.8, 4) is 0 Å². The number of nitrogens with zero attached hydrogens (tertiary/aromatic N) is 2. The third kappa shape index (κ3) is 6.65. The standard InChI is InChI=1S/C27H37N3O/c31-27(25-12-10-24(11-13-25)22-23-8-3-1-4-9-23)28-16-7-17-29-20-14-26(15-21-29)30-18-5-2-6-19-30/h1,3-4,8-13,26H,2,5-7,14-22H2,(H,28,31). The molecule has 166 valence electrons. The zero-order valence-corrected chi connectivity index (χ0v) is 18.8. The van der Waals surface area contributed by atoms with Gasteiger partial charge in [0, 0.05) is 18.2 Å². The molecular formula is C27H37N3O. The van der Waals surface area contributed by atoms with Crippen molar-refractivity contribution in [3.05, 3.63) is 71.3 Å². The van der Waals surface area contributed by atoms with Crippen LogP contribution in [-0.4, -0.2) is 61.0 Å². The summed E-state index contributed by atoms with van der Waals surface area (Å²) in [5, 5.41) is 3.09. The van der Waals surface area contributed by atoms with E-state index in [-0.39, 0.29) is 5.91 Å². The molecule has 2 saturated heterocycles. The number of nitrogens with one attached hydrogen (secondary N) is 1. The second-order valence-corrected chi connectivity index (χ2v) is 9.14. The van der Waals surface area contributed by atoms with Crippen LogP contribution in [0.2, 0.25) is 0 Å². The third-order valence-corrected chi connectivity index (χ3v) is 6.87. The van der Waals surface area contributed by atoms with Crippen LogP contribution in [0.15, 0.2) is 54.6 Å². The molecule has 2 aliphatic heterocycles. The Bertz CT molecular complexity index is 791. The summed E-state index contributed by atoms with van der Waals surface area (Å²) in [7, 11) is 0. The first-order valence-corrected chi connectivity index (χ1v) is 12.2. The van der Waals surface area contributed by atoms with Gasteiger partial charge in [0.25, 0.3) is 5.91 Å². The van der Waals surface area contributed by atoms with Crippen LogP contribution in [0.3, 0.4) is 0 Å². The van der Waals surface area contributed by atoms with Crippen LogP contribution in [0.25, 0.3) is 0 Å². The summed E-state index contributed by atoms with van der Waals surface area (Å²) >= 11 is 0. The lowest BCUT2D eigenvalue weighted by atomic mass is 10.00. The molecule has 2 aliphatic rings. The van der Waals surface area contributed by atoms with Crippen molar-refractivity contribution in [1.82, 2.24) is 15.1 Å². The second kappa shape index (κ2) is 11.4. The quantitative estimate of drug-likeness (QED) is 0.646. The van der Waals surface area contributed by atoms with Gasteiger partial charge >= 0.3 is 0 Å². The Hall–Kier alpha value is -2.17. The van der Waals surface area contributed by atoms with Crippen LogP contribution in [0.4, 0.5) is 0 Å². The molecule has 0 radical (unpaired) electrons. The average molecular weight is 420 g/mol. The Kier molecular flexibility index (Phi) is 8.14. The SMILES string of the molecule is O=C(NCCCN1CCC(N2CCCCC2)CC1)c1ccc(Cc2ccccc2)cc1. The molecule has 4 nitrogen and oxygen atoms in total. The monoisotopic (exact) mass is 419 g/mol. The van der Waals surface area contributed by atoms with E-state index in [0.717, 1.165) is 37.5 Å². The molecule has 0 aliphatic carbocycles. The van der Waals surface area contributed by atoms with Crippen LogP contribution in [0, 0.1) is 0 Å². The lowest BCUT2D eigenvalue weighted by Gasteiger charge is -2.40. The zero-order chi connectivity index (χ0) is 21.3. The van der Waals surface area contributed by atoms with Crippen molar-refractivity contribution in [2.75, 3.05) is 39.3 Å². The van der Waals surface area contributed by atoms with Gasteiger partial charge in [0.05, 0.1) is 0 Å². The van der Waals surface area contributed by atoms with Crippen molar-refractivity contribution in [1.29, 1.82) is 0 Å². The van der Waals surface area contributed by atoms with E-state index in [2.05, 4.69) is 51.5 Å². The first-order chi connectivity index (χ1) is 15.3. The molecule has 0 spiro atoms. The van der Waals surface area contributed by atoms with Gasteiger partial charge in [-0.3, -0.25) is 4.79 Å². The van der Waals surface area contributed by atoms with Crippen molar-refractivity contribution < 1.29 is 4.79 Å². The Labute approximate surface area is 187 Å². The first kappa shape index (κ1) is 22.0. The van der Waals surface area contributed by atoms with Gasteiger partial charge in [-0.05, 0) is 94.5 Å². The number of amides is 1. The van der Waals surface area contributed by atoms with E-state index in [1.54, 1.807) is 0 Å². The Balaban J connectivity index is 1.12. The average Bonchev–Trinajstić information content (AvgIpc) is 2.84. The van der Waals surface area contributed by atoms with Crippen LogP contribution in [-0.2, 0) is 6.42 Å². The number of benzene rings is 2. The van der Waals surface area contributed by atoms with Gasteiger partial charge in [-0.2, -0.15) is 0 Å². The summed E-state index contributed by atoms with van der Waals surface area (Å²) in [5.74, 6) is 0.0371. The summed E-state index contributed by atoms with van der Waals surface area (Å²) in [6, 6.07) is 19.3. The Morgan fingerprint density at radius 1 is 0.839 bits per heavy atom. The molecule has 1 N–H and O–H groups in total. The fourth-order valence-electron chi connectivity index (χ4n) is 5.00. The summed E-state index contributed by atoms with van der Waals surface area (Å²) < 4.78 is 0. The van der Waals surface area contributed by atoms with Crippen LogP contribution >= 0.6 is 0 Å². The summed E-state index contributed by atoms with van der Waals surface area (Å²) in [4.78, 5) is 17.8. The van der Waals surface area contributed by atoms with Gasteiger partial charge in [-0.15, -0.1) is 0 Å². The number of likely N-dealkylation sites (tertiary alicyclic amines) is 2. The topological polar surface area (TPSA) is 35.6 Å². The number of rotatable bonds is 8. The molecule has 1 amide bonds. The number of piperidine rings is 2. The van der Waals surface area contributed by atoms with Crippen molar-refractivity contribution >= 4 is 5.91 Å². The fourth-order valence-corrected chi connectivity index (χ4v) is 5.00. The lowest BCUT2D eigenvalue weighted by molar-refractivity contribution is 0.0903. The van der Waals surface area contributed by atoms with Crippen LogP contribution < -0.4 is 5.32 Å². The number of carbonyl (C=O) groups is 1. The van der Waals surface area contributed by atoms with Crippen molar-refractivity contribution in [2.45, 2.75) is 51.0 Å². The molecule has 0 unspecified atom stereocenters. The maximum atomic E-state index is 12.5. The van der Waals surface area contributed by atoms with E-state index < -0.39 is 0 Å². The molecule has 0 aromatic heterocycles. The summed E-state index contributed by atoms with van der Waals surface area (Å²) in [5.41, 5.74) is 3.27. The molecule has 2 aromatic carbocycles. The minimum absolute atomic E-state index is 0.0371. The molecule has 4 heteroatoms. The van der Waals surface area contributed by atoms with Crippen LogP contribution in [0.1, 0.15) is 60.0 Å². The van der Waals surface area contributed by atoms with Gasteiger partial charge in [0.1, 0.15) is 0 Å². The largest absolute Gasteiger partial charge is 0.352 e. The lowest BCUT2D eigenvalue weighted by Crippen LogP contribution is -2.47. The highest BCUT2D eigenvalue weighted by molar-refractivity contribution is 5.94. The van der Waals surface area contributed by atoms with E-state index in [4.69, 9.17) is 0 Å². The minimum Gasteiger partial charge on any atom is -0.352 e. The summed E-state index contributed by atoms with van der Waals surface area (Å²) in [6.45, 7) is 6.86.